The second-order valence-corrected chi connectivity index (χ2v) is 6.03. The number of phenols is 1. The zero-order valence-electron chi connectivity index (χ0n) is 14.2. The standard InChI is InChI=1S/C18H16N6O2/c1-10-3-5-12(6-4-10)24-11(2)16(21-23-24)18(26)19-17-14-8-7-13(25)9-15(14)20-22-17/h3-9,25H,1-2H3,(H2,19,20,22,26). The third-order valence-corrected chi connectivity index (χ3v) is 4.17. The van der Waals surface area contributed by atoms with Crippen molar-refractivity contribution in [3.63, 3.8) is 0 Å². The maximum atomic E-state index is 12.6. The van der Waals surface area contributed by atoms with E-state index in [2.05, 4.69) is 25.8 Å². The first kappa shape index (κ1) is 15.8. The lowest BCUT2D eigenvalue weighted by Crippen LogP contribution is -2.14. The molecule has 0 aliphatic carbocycles. The number of nitrogens with one attached hydrogen (secondary N) is 2. The number of H-pyrrole nitrogens is 1. The van der Waals surface area contributed by atoms with Crippen molar-refractivity contribution in [2.24, 2.45) is 0 Å². The monoisotopic (exact) mass is 348 g/mol. The van der Waals surface area contributed by atoms with Gasteiger partial charge in [0.05, 0.1) is 16.9 Å². The van der Waals surface area contributed by atoms with Gasteiger partial charge >= 0.3 is 0 Å². The van der Waals surface area contributed by atoms with E-state index >= 15 is 0 Å². The Morgan fingerprint density at radius 1 is 1.15 bits per heavy atom. The van der Waals surface area contributed by atoms with Crippen LogP contribution in [0.25, 0.3) is 16.6 Å². The number of phenolic OH excluding ortho intramolecular Hbond substituents is 1. The lowest BCUT2D eigenvalue weighted by Gasteiger charge is -2.04. The minimum Gasteiger partial charge on any atom is -0.508 e. The Balaban J connectivity index is 1.63. The number of aromatic nitrogens is 5. The normalized spacial score (nSPS) is 11.0. The molecule has 0 bridgehead atoms. The van der Waals surface area contributed by atoms with Crippen LogP contribution in [0.5, 0.6) is 5.75 Å². The molecule has 0 saturated heterocycles. The number of fused-ring (bicyclic) bond motifs is 1. The van der Waals surface area contributed by atoms with E-state index in [0.29, 0.717) is 22.4 Å². The van der Waals surface area contributed by atoms with Crippen LogP contribution < -0.4 is 5.32 Å². The lowest BCUT2D eigenvalue weighted by molar-refractivity contribution is 0.102. The maximum Gasteiger partial charge on any atom is 0.279 e. The van der Waals surface area contributed by atoms with Gasteiger partial charge < -0.3 is 10.4 Å². The first-order valence-electron chi connectivity index (χ1n) is 8.01. The Morgan fingerprint density at radius 3 is 2.69 bits per heavy atom. The maximum absolute atomic E-state index is 12.6. The van der Waals surface area contributed by atoms with Gasteiger partial charge in [0, 0.05) is 11.5 Å². The number of benzene rings is 2. The summed E-state index contributed by atoms with van der Waals surface area (Å²) in [5.74, 6) is 0.0903. The van der Waals surface area contributed by atoms with Crippen molar-refractivity contribution in [1.29, 1.82) is 0 Å². The molecule has 2 heterocycles. The largest absolute Gasteiger partial charge is 0.508 e. The summed E-state index contributed by atoms with van der Waals surface area (Å²) in [7, 11) is 0. The van der Waals surface area contributed by atoms with Crippen LogP contribution in [0.15, 0.2) is 42.5 Å². The molecule has 2 aromatic carbocycles. The first-order chi connectivity index (χ1) is 12.5. The summed E-state index contributed by atoms with van der Waals surface area (Å²) in [6, 6.07) is 12.5. The third kappa shape index (κ3) is 2.67. The highest BCUT2D eigenvalue weighted by Crippen LogP contribution is 2.24. The third-order valence-electron chi connectivity index (χ3n) is 4.17. The summed E-state index contributed by atoms with van der Waals surface area (Å²) >= 11 is 0. The fourth-order valence-corrected chi connectivity index (χ4v) is 2.74. The Bertz CT molecular complexity index is 1110. The molecule has 0 unspecified atom stereocenters. The molecule has 130 valence electrons. The number of amides is 1. The van der Waals surface area contributed by atoms with Gasteiger partial charge in [-0.25, -0.2) is 4.68 Å². The van der Waals surface area contributed by atoms with Crippen LogP contribution in [0.4, 0.5) is 5.82 Å². The highest BCUT2D eigenvalue weighted by atomic mass is 16.3. The van der Waals surface area contributed by atoms with Crippen molar-refractivity contribution in [3.8, 4) is 11.4 Å². The Labute approximate surface area is 148 Å². The molecule has 8 nitrogen and oxygen atoms in total. The predicted octanol–water partition coefficient (Wildman–Crippen LogP) is 2.72. The van der Waals surface area contributed by atoms with Gasteiger partial charge in [-0.1, -0.05) is 22.9 Å². The fourth-order valence-electron chi connectivity index (χ4n) is 2.74. The van der Waals surface area contributed by atoms with Crippen molar-refractivity contribution < 1.29 is 9.90 Å². The van der Waals surface area contributed by atoms with Gasteiger partial charge in [-0.05, 0) is 38.1 Å². The van der Waals surface area contributed by atoms with Crippen molar-refractivity contribution in [3.05, 3.63) is 59.4 Å². The van der Waals surface area contributed by atoms with Crippen LogP contribution >= 0.6 is 0 Å². The molecular formula is C18H16N6O2. The lowest BCUT2D eigenvalue weighted by atomic mass is 10.2. The summed E-state index contributed by atoms with van der Waals surface area (Å²) in [6.45, 7) is 3.79. The van der Waals surface area contributed by atoms with E-state index in [1.165, 1.54) is 12.1 Å². The topological polar surface area (TPSA) is 109 Å². The van der Waals surface area contributed by atoms with Gasteiger partial charge in [-0.3, -0.25) is 9.89 Å². The van der Waals surface area contributed by atoms with Gasteiger partial charge in [-0.15, -0.1) is 5.10 Å². The molecule has 0 radical (unpaired) electrons. The van der Waals surface area contributed by atoms with Crippen LogP contribution in [0, 0.1) is 13.8 Å². The zero-order valence-corrected chi connectivity index (χ0v) is 14.2. The zero-order chi connectivity index (χ0) is 18.3. The summed E-state index contributed by atoms with van der Waals surface area (Å²) in [6.07, 6.45) is 0. The van der Waals surface area contributed by atoms with Crippen LogP contribution in [0.1, 0.15) is 21.7 Å². The highest BCUT2D eigenvalue weighted by Gasteiger charge is 2.19. The summed E-state index contributed by atoms with van der Waals surface area (Å²) in [5, 5.41) is 27.9. The molecule has 26 heavy (non-hydrogen) atoms. The van der Waals surface area contributed by atoms with Gasteiger partial charge in [-0.2, -0.15) is 5.10 Å². The smallest absolute Gasteiger partial charge is 0.279 e. The van der Waals surface area contributed by atoms with E-state index in [9.17, 15) is 9.90 Å². The number of aromatic amines is 1. The number of rotatable bonds is 3. The van der Waals surface area contributed by atoms with E-state index in [4.69, 9.17) is 0 Å². The van der Waals surface area contributed by atoms with E-state index < -0.39 is 5.91 Å². The molecule has 0 atom stereocenters. The molecule has 4 aromatic rings. The van der Waals surface area contributed by atoms with Gasteiger partial charge in [0.2, 0.25) is 0 Å². The van der Waals surface area contributed by atoms with Crippen molar-refractivity contribution in [1.82, 2.24) is 25.2 Å². The average Bonchev–Trinajstić information content (AvgIpc) is 3.19. The van der Waals surface area contributed by atoms with Gasteiger partial charge in [0.25, 0.3) is 5.91 Å². The van der Waals surface area contributed by atoms with Crippen LogP contribution in [-0.2, 0) is 0 Å². The van der Waals surface area contributed by atoms with Gasteiger partial charge in [0.1, 0.15) is 5.75 Å². The van der Waals surface area contributed by atoms with E-state index in [0.717, 1.165) is 11.3 Å². The van der Waals surface area contributed by atoms with Crippen LogP contribution in [0.3, 0.4) is 0 Å². The van der Waals surface area contributed by atoms with Crippen molar-refractivity contribution >= 4 is 22.6 Å². The number of carbonyl (C=O) groups is 1. The Kier molecular flexibility index (Phi) is 3.65. The molecule has 3 N–H and O–H groups in total. The number of anilines is 1. The molecule has 0 saturated carbocycles. The first-order valence-corrected chi connectivity index (χ1v) is 8.01. The number of hydrogen-bond acceptors (Lipinski definition) is 5. The number of aryl methyl sites for hydroxylation is 1. The molecule has 0 spiro atoms. The second-order valence-electron chi connectivity index (χ2n) is 6.03. The summed E-state index contributed by atoms with van der Waals surface area (Å²) in [5.41, 5.74) is 3.45. The highest BCUT2D eigenvalue weighted by molar-refractivity contribution is 6.07. The van der Waals surface area contributed by atoms with E-state index in [-0.39, 0.29) is 11.4 Å². The van der Waals surface area contributed by atoms with Crippen molar-refractivity contribution in [2.45, 2.75) is 13.8 Å². The van der Waals surface area contributed by atoms with Crippen LogP contribution in [0.2, 0.25) is 0 Å². The minimum atomic E-state index is -0.401. The van der Waals surface area contributed by atoms with Gasteiger partial charge in [0.15, 0.2) is 11.5 Å². The SMILES string of the molecule is Cc1ccc(-n2nnc(C(=O)Nc3n[nH]c4cc(O)ccc34)c2C)cc1. The number of hydrogen-bond donors (Lipinski definition) is 3. The van der Waals surface area contributed by atoms with E-state index in [1.807, 2.05) is 31.2 Å². The fraction of sp³-hybridized carbons (Fsp3) is 0.111. The molecule has 0 aliphatic rings. The Hall–Kier alpha value is -3.68. The molecule has 4 rings (SSSR count). The number of nitrogens with zero attached hydrogens (tertiary/aromatic N) is 4. The molecule has 0 fully saturated rings. The quantitative estimate of drug-likeness (QED) is 0.527. The average molecular weight is 348 g/mol. The van der Waals surface area contributed by atoms with E-state index in [1.54, 1.807) is 17.7 Å². The number of aromatic hydroxyl groups is 1. The molecule has 0 aliphatic heterocycles. The molecule has 1 amide bonds. The van der Waals surface area contributed by atoms with Crippen molar-refractivity contribution in [2.75, 3.05) is 5.32 Å². The molecule has 2 aromatic heterocycles. The summed E-state index contributed by atoms with van der Waals surface area (Å²) in [4.78, 5) is 12.6. The molecular weight excluding hydrogens is 332 g/mol. The minimum absolute atomic E-state index is 0.121. The Morgan fingerprint density at radius 2 is 1.92 bits per heavy atom. The number of carbonyl (C=O) groups excluding carboxylic acids is 1. The molecule has 8 heteroatoms. The van der Waals surface area contributed by atoms with Crippen LogP contribution in [-0.4, -0.2) is 36.2 Å². The predicted molar refractivity (Wildman–Crippen MR) is 96.5 cm³/mol. The second kappa shape index (κ2) is 5.99. The summed E-state index contributed by atoms with van der Waals surface area (Å²) < 4.78 is 1.62.